The standard InChI is InChI=1S/C21H22F3NO3/c1-14(16-4-2-5-17(12-16)21(22,23)24)25-20(26)15-7-9-18(10-8-15)28-13-19-6-3-11-27-19/h2,4-5,7-10,12,14,19H,3,6,11,13H2,1H3,(H,25,26)/t14-,19+/m0/s1. The highest BCUT2D eigenvalue weighted by Gasteiger charge is 2.30. The van der Waals surface area contributed by atoms with Crippen molar-refractivity contribution in [3.63, 3.8) is 0 Å². The highest BCUT2D eigenvalue weighted by Crippen LogP contribution is 2.30. The maximum atomic E-state index is 12.9. The Balaban J connectivity index is 1.58. The summed E-state index contributed by atoms with van der Waals surface area (Å²) < 4.78 is 49.7. The molecule has 0 bridgehead atoms. The third-order valence-corrected chi connectivity index (χ3v) is 4.64. The molecule has 150 valence electrons. The van der Waals surface area contributed by atoms with Gasteiger partial charge >= 0.3 is 6.18 Å². The lowest BCUT2D eigenvalue weighted by molar-refractivity contribution is -0.137. The van der Waals surface area contributed by atoms with Crippen LogP contribution in [0.25, 0.3) is 0 Å². The van der Waals surface area contributed by atoms with Gasteiger partial charge in [0.05, 0.1) is 17.7 Å². The minimum atomic E-state index is -4.42. The Morgan fingerprint density at radius 3 is 2.64 bits per heavy atom. The average molecular weight is 393 g/mol. The molecular formula is C21H22F3NO3. The van der Waals surface area contributed by atoms with Crippen LogP contribution in [0.3, 0.4) is 0 Å². The fourth-order valence-corrected chi connectivity index (χ4v) is 3.02. The van der Waals surface area contributed by atoms with Gasteiger partial charge < -0.3 is 14.8 Å². The molecule has 28 heavy (non-hydrogen) atoms. The van der Waals surface area contributed by atoms with Crippen molar-refractivity contribution in [1.82, 2.24) is 5.32 Å². The van der Waals surface area contributed by atoms with Crippen LogP contribution in [0.5, 0.6) is 5.75 Å². The summed E-state index contributed by atoms with van der Waals surface area (Å²) in [5.41, 5.74) is 0.0572. The fraction of sp³-hybridized carbons (Fsp3) is 0.381. The summed E-state index contributed by atoms with van der Waals surface area (Å²) in [7, 11) is 0. The summed E-state index contributed by atoms with van der Waals surface area (Å²) in [4.78, 5) is 12.4. The third kappa shape index (κ3) is 5.25. The smallest absolute Gasteiger partial charge is 0.416 e. The molecule has 1 aliphatic rings. The van der Waals surface area contributed by atoms with Crippen LogP contribution in [0.4, 0.5) is 13.2 Å². The molecule has 1 heterocycles. The number of alkyl halides is 3. The van der Waals surface area contributed by atoms with Crippen molar-refractivity contribution in [2.45, 2.75) is 38.1 Å². The molecule has 1 amide bonds. The van der Waals surface area contributed by atoms with Gasteiger partial charge in [-0.1, -0.05) is 12.1 Å². The lowest BCUT2D eigenvalue weighted by Crippen LogP contribution is -2.26. The molecule has 0 aromatic heterocycles. The molecule has 0 radical (unpaired) electrons. The fourth-order valence-electron chi connectivity index (χ4n) is 3.02. The van der Waals surface area contributed by atoms with E-state index in [0.29, 0.717) is 23.5 Å². The minimum absolute atomic E-state index is 0.108. The first kappa shape index (κ1) is 20.2. The van der Waals surface area contributed by atoms with Crippen molar-refractivity contribution in [2.75, 3.05) is 13.2 Å². The first-order valence-electron chi connectivity index (χ1n) is 9.15. The largest absolute Gasteiger partial charge is 0.491 e. The van der Waals surface area contributed by atoms with Gasteiger partial charge in [-0.05, 0) is 61.7 Å². The predicted molar refractivity (Wildman–Crippen MR) is 98.2 cm³/mol. The monoisotopic (exact) mass is 393 g/mol. The molecule has 2 aromatic rings. The second-order valence-electron chi connectivity index (χ2n) is 6.79. The second kappa shape index (κ2) is 8.65. The average Bonchev–Trinajstić information content (AvgIpc) is 3.20. The summed E-state index contributed by atoms with van der Waals surface area (Å²) in [6.45, 7) is 2.88. The number of hydrogen-bond acceptors (Lipinski definition) is 3. The van der Waals surface area contributed by atoms with Gasteiger partial charge in [0, 0.05) is 12.2 Å². The first-order chi connectivity index (χ1) is 13.3. The van der Waals surface area contributed by atoms with Crippen LogP contribution in [0, 0.1) is 0 Å². The maximum Gasteiger partial charge on any atom is 0.416 e. The molecule has 4 nitrogen and oxygen atoms in total. The molecule has 0 unspecified atom stereocenters. The molecule has 1 N–H and O–H groups in total. The van der Waals surface area contributed by atoms with E-state index in [1.54, 1.807) is 37.3 Å². The zero-order chi connectivity index (χ0) is 20.1. The van der Waals surface area contributed by atoms with E-state index >= 15 is 0 Å². The topological polar surface area (TPSA) is 47.6 Å². The summed E-state index contributed by atoms with van der Waals surface area (Å²) in [6, 6.07) is 11.0. The molecular weight excluding hydrogens is 371 g/mol. The number of ether oxygens (including phenoxy) is 2. The number of carbonyl (C=O) groups excluding carboxylic acids is 1. The van der Waals surface area contributed by atoms with Gasteiger partial charge in [-0.3, -0.25) is 4.79 Å². The van der Waals surface area contributed by atoms with Crippen LogP contribution in [0.1, 0.15) is 47.3 Å². The van der Waals surface area contributed by atoms with Gasteiger partial charge in [0.15, 0.2) is 0 Å². The van der Waals surface area contributed by atoms with E-state index in [-0.39, 0.29) is 12.0 Å². The first-order valence-corrected chi connectivity index (χ1v) is 9.15. The Hall–Kier alpha value is -2.54. The minimum Gasteiger partial charge on any atom is -0.491 e. The lowest BCUT2D eigenvalue weighted by Gasteiger charge is -2.16. The molecule has 0 saturated carbocycles. The van der Waals surface area contributed by atoms with Crippen LogP contribution in [-0.4, -0.2) is 25.2 Å². The SMILES string of the molecule is C[C@H](NC(=O)c1ccc(OC[C@H]2CCCO2)cc1)c1cccc(C(F)(F)F)c1. The summed E-state index contributed by atoms with van der Waals surface area (Å²) in [5, 5.41) is 2.72. The van der Waals surface area contributed by atoms with Gasteiger partial charge in [0.2, 0.25) is 0 Å². The maximum absolute atomic E-state index is 12.9. The van der Waals surface area contributed by atoms with Crippen LogP contribution >= 0.6 is 0 Å². The van der Waals surface area contributed by atoms with Crippen molar-refractivity contribution >= 4 is 5.91 Å². The van der Waals surface area contributed by atoms with Crippen molar-refractivity contribution in [2.24, 2.45) is 0 Å². The van der Waals surface area contributed by atoms with Gasteiger partial charge in [0.25, 0.3) is 5.91 Å². The molecule has 0 spiro atoms. The molecule has 1 fully saturated rings. The number of hydrogen-bond donors (Lipinski definition) is 1. The number of rotatable bonds is 6. The van der Waals surface area contributed by atoms with Crippen molar-refractivity contribution in [1.29, 1.82) is 0 Å². The lowest BCUT2D eigenvalue weighted by atomic mass is 10.0. The van der Waals surface area contributed by atoms with Crippen LogP contribution < -0.4 is 10.1 Å². The Kier molecular flexibility index (Phi) is 6.24. The van der Waals surface area contributed by atoms with E-state index in [1.807, 2.05) is 0 Å². The highest BCUT2D eigenvalue weighted by atomic mass is 19.4. The van der Waals surface area contributed by atoms with Gasteiger partial charge in [-0.2, -0.15) is 13.2 Å². The predicted octanol–water partition coefficient (Wildman–Crippen LogP) is 4.75. The van der Waals surface area contributed by atoms with Crippen molar-refractivity contribution in [3.8, 4) is 5.75 Å². The van der Waals surface area contributed by atoms with Gasteiger partial charge in [-0.25, -0.2) is 0 Å². The molecule has 3 rings (SSSR count). The van der Waals surface area contributed by atoms with E-state index in [9.17, 15) is 18.0 Å². The van der Waals surface area contributed by atoms with E-state index in [0.717, 1.165) is 31.6 Å². The molecule has 7 heteroatoms. The molecule has 0 aliphatic carbocycles. The zero-order valence-corrected chi connectivity index (χ0v) is 15.5. The summed E-state index contributed by atoms with van der Waals surface area (Å²) in [5.74, 6) is 0.272. The highest BCUT2D eigenvalue weighted by molar-refractivity contribution is 5.94. The zero-order valence-electron chi connectivity index (χ0n) is 15.5. The van der Waals surface area contributed by atoms with E-state index in [1.165, 1.54) is 6.07 Å². The van der Waals surface area contributed by atoms with E-state index in [2.05, 4.69) is 5.32 Å². The van der Waals surface area contributed by atoms with E-state index in [4.69, 9.17) is 9.47 Å². The van der Waals surface area contributed by atoms with Crippen LogP contribution in [0.2, 0.25) is 0 Å². The van der Waals surface area contributed by atoms with Gasteiger partial charge in [-0.15, -0.1) is 0 Å². The van der Waals surface area contributed by atoms with Crippen molar-refractivity contribution in [3.05, 3.63) is 65.2 Å². The third-order valence-electron chi connectivity index (χ3n) is 4.64. The quantitative estimate of drug-likeness (QED) is 0.770. The Morgan fingerprint density at radius 2 is 2.00 bits per heavy atom. The van der Waals surface area contributed by atoms with Crippen LogP contribution in [-0.2, 0) is 10.9 Å². The summed E-state index contributed by atoms with van der Waals surface area (Å²) >= 11 is 0. The van der Waals surface area contributed by atoms with Crippen LogP contribution in [0.15, 0.2) is 48.5 Å². The molecule has 1 aliphatic heterocycles. The number of halogens is 3. The number of carbonyl (C=O) groups is 1. The summed E-state index contributed by atoms with van der Waals surface area (Å²) in [6.07, 6.45) is -2.29. The number of benzene rings is 2. The number of amides is 1. The number of nitrogens with one attached hydrogen (secondary N) is 1. The normalized spacial score (nSPS) is 17.9. The van der Waals surface area contributed by atoms with Crippen molar-refractivity contribution < 1.29 is 27.4 Å². The molecule has 1 saturated heterocycles. The van der Waals surface area contributed by atoms with Gasteiger partial charge in [0.1, 0.15) is 12.4 Å². The second-order valence-corrected chi connectivity index (χ2v) is 6.79. The molecule has 2 atom stereocenters. The Bertz CT molecular complexity index is 799. The van der Waals surface area contributed by atoms with E-state index < -0.39 is 17.8 Å². The molecule has 2 aromatic carbocycles. The Morgan fingerprint density at radius 1 is 1.25 bits per heavy atom. The Labute approximate surface area is 161 Å².